The molecule has 0 saturated heterocycles. The van der Waals surface area contributed by atoms with Crippen molar-refractivity contribution in [3.63, 3.8) is 0 Å². The molecular weight excluding hydrogens is 1570 g/mol. The molecule has 8 aromatic rings. The zero-order chi connectivity index (χ0) is 71.0. The van der Waals surface area contributed by atoms with Crippen LogP contribution in [0.2, 0.25) is 76.6 Å². The van der Waals surface area contributed by atoms with Crippen LogP contribution in [0.5, 0.6) is 0 Å². The van der Waals surface area contributed by atoms with E-state index in [4.69, 9.17) is 8.23 Å². The van der Waals surface area contributed by atoms with Gasteiger partial charge in [-0.1, -0.05) is 218 Å². The second-order valence-corrected chi connectivity index (χ2v) is 60.4. The largest absolute Gasteiger partial charge is 0.455 e. The van der Waals surface area contributed by atoms with Crippen molar-refractivity contribution >= 4 is 156 Å². The number of aryl methyl sites for hydroxylation is 4. The molecule has 100 heavy (non-hydrogen) atoms. The number of unbranched alkanes of at least 4 members (excludes halogenated alkanes) is 32. The summed E-state index contributed by atoms with van der Waals surface area (Å²) in [6.07, 6.45) is 55.3. The molecule has 2 nitrogen and oxygen atoms in total. The highest BCUT2D eigenvalue weighted by molar-refractivity contribution is 9.11. The van der Waals surface area contributed by atoms with Gasteiger partial charge in [0.1, 0.15) is 0 Å². The second kappa shape index (κ2) is 49.4. The molecule has 0 aliphatic heterocycles. The van der Waals surface area contributed by atoms with Crippen LogP contribution in [0.15, 0.2) is 115 Å². The number of rotatable bonds is 56. The van der Waals surface area contributed by atoms with Gasteiger partial charge in [0.15, 0.2) is 33.3 Å². The summed E-state index contributed by atoms with van der Waals surface area (Å²) in [5.41, 5.74) is 0. The van der Waals surface area contributed by atoms with Gasteiger partial charge in [-0.15, -0.1) is 90.7 Å². The Bertz CT molecular complexity index is 3090. The lowest BCUT2D eigenvalue weighted by molar-refractivity contribution is 0.515. The van der Waals surface area contributed by atoms with Crippen molar-refractivity contribution in [1.29, 1.82) is 0 Å². The van der Waals surface area contributed by atoms with E-state index in [2.05, 4.69) is 192 Å². The van der Waals surface area contributed by atoms with E-state index in [1.807, 2.05) is 90.7 Å². The normalized spacial score (nSPS) is 12.3. The van der Waals surface area contributed by atoms with Crippen LogP contribution in [-0.2, 0) is 33.9 Å². The van der Waals surface area contributed by atoms with E-state index in [0.717, 1.165) is 0 Å². The minimum atomic E-state index is -1.55. The molecule has 0 aliphatic rings. The maximum atomic E-state index is 6.98. The van der Waals surface area contributed by atoms with E-state index in [0.29, 0.717) is 0 Å². The van der Waals surface area contributed by atoms with E-state index in [-0.39, 0.29) is 0 Å². The fraction of sp³-hybridized carbons (Fsp3) is 0.619. The number of hydrogen-bond donors (Lipinski definition) is 0. The monoisotopic (exact) mass is 1700 g/mol. The van der Waals surface area contributed by atoms with Crippen molar-refractivity contribution in [1.82, 2.24) is 0 Å². The molecule has 0 aliphatic carbocycles. The summed E-state index contributed by atoms with van der Waals surface area (Å²) in [7, 11) is -6.17. The predicted molar refractivity (Wildman–Crippen MR) is 478 cm³/mol. The molecule has 8 rings (SSSR count). The van der Waals surface area contributed by atoms with Gasteiger partial charge in [-0.25, -0.2) is 0 Å². The Balaban J connectivity index is 0.000000281. The smallest absolute Gasteiger partial charge is 0.173 e. The van der Waals surface area contributed by atoms with Gasteiger partial charge in [-0.05, 0) is 255 Å². The summed E-state index contributed by atoms with van der Waals surface area (Å²) < 4.78 is 16.4. The molecule has 0 saturated carbocycles. The molecule has 0 N–H and O–H groups in total. The molecule has 16 heteroatoms. The Labute approximate surface area is 664 Å². The molecule has 0 atom stereocenters. The summed E-state index contributed by atoms with van der Waals surface area (Å²) in [4.78, 5) is 17.5. The van der Waals surface area contributed by atoms with Gasteiger partial charge in [0.25, 0.3) is 0 Å². The van der Waals surface area contributed by atoms with Crippen LogP contribution >= 0.6 is 123 Å². The molecule has 8 heterocycles. The van der Waals surface area contributed by atoms with Gasteiger partial charge in [-0.2, -0.15) is 0 Å². The van der Waals surface area contributed by atoms with E-state index < -0.39 is 33.3 Å². The third kappa shape index (κ3) is 37.4. The van der Waals surface area contributed by atoms with Crippen molar-refractivity contribution in [3.05, 3.63) is 135 Å². The summed E-state index contributed by atoms with van der Waals surface area (Å²) in [5, 5.41) is 4.35. The van der Waals surface area contributed by atoms with E-state index >= 15 is 0 Å². The number of halogens is 2. The first-order valence-corrected chi connectivity index (χ1v) is 60.4. The number of thiophene rings is 8. The molecule has 0 amide bonds. The Morgan fingerprint density at radius 3 is 0.640 bits per heavy atom. The van der Waals surface area contributed by atoms with Gasteiger partial charge >= 0.3 is 0 Å². The zero-order valence-corrected chi connectivity index (χ0v) is 77.0. The Morgan fingerprint density at radius 1 is 0.230 bits per heavy atom. The van der Waals surface area contributed by atoms with Crippen LogP contribution in [0.1, 0.15) is 251 Å². The third-order valence-electron chi connectivity index (χ3n) is 19.7. The maximum Gasteiger partial charge on any atom is 0.173 e. The lowest BCUT2D eigenvalue weighted by Crippen LogP contribution is -2.44. The lowest BCUT2D eigenvalue weighted by atomic mass is 10.1. The number of hydrogen-bond acceptors (Lipinski definition) is 10. The average Bonchev–Trinajstić information content (AvgIpc) is 1.13. The highest BCUT2D eigenvalue weighted by Gasteiger charge is 2.33. The molecule has 0 spiro atoms. The Morgan fingerprint density at radius 2 is 0.430 bits per heavy atom. The van der Waals surface area contributed by atoms with Crippen LogP contribution in [0.25, 0.3) is 39.0 Å². The van der Waals surface area contributed by atoms with Gasteiger partial charge in [0, 0.05) is 58.5 Å². The van der Waals surface area contributed by atoms with Crippen LogP contribution in [0.3, 0.4) is 0 Å². The molecular formula is C84H130Br2O2S8Si4. The van der Waals surface area contributed by atoms with Gasteiger partial charge in [0.05, 0.1) is 7.57 Å². The standard InChI is InChI=1S/C42H64Br2OS4Si2.C42H66OS4Si2/c1-50(2,33-21-17-13-9-5-7-11-15-19-23-35-25-27-37(46-35)39-29-31-41(43)48-39)45-51(3,4)34-22-18-14-10-6-8-12-16-20-24-36-26-28-38(47-36)40-30-32-42(44)49-40;1-48(2,35-21-17-13-9-5-7-11-15-19-25-37-29-31-41(46-37)39-27-23-33-44-39)43-49(3,4)36-22-18-14-10-6-8-12-16-20-26-38-30-32-42(47-38)40-28-24-34-45-40/h25-32H,5-24,33-34H2,1-4H3;23-24,27-34H,5-22,25-26,35-36H2,1-4H3. The van der Waals surface area contributed by atoms with E-state index in [1.54, 1.807) is 19.5 Å². The lowest BCUT2D eigenvalue weighted by Gasteiger charge is -2.34. The summed E-state index contributed by atoms with van der Waals surface area (Å²) >= 11 is 22.5. The van der Waals surface area contributed by atoms with Crippen molar-refractivity contribution in [2.45, 2.75) is 333 Å². The van der Waals surface area contributed by atoms with Gasteiger partial charge in [0.2, 0.25) is 0 Å². The van der Waals surface area contributed by atoms with Gasteiger partial charge < -0.3 is 8.23 Å². The molecule has 0 radical (unpaired) electrons. The van der Waals surface area contributed by atoms with Crippen LogP contribution < -0.4 is 0 Å². The quantitative estimate of drug-likeness (QED) is 0.0279. The maximum absolute atomic E-state index is 6.98. The molecule has 0 aromatic carbocycles. The van der Waals surface area contributed by atoms with Crippen LogP contribution in [0.4, 0.5) is 0 Å². The van der Waals surface area contributed by atoms with Crippen molar-refractivity contribution in [2.24, 2.45) is 0 Å². The second-order valence-electron chi connectivity index (χ2n) is 31.2. The third-order valence-corrected chi connectivity index (χ3v) is 45.1. The van der Waals surface area contributed by atoms with Crippen LogP contribution in [0, 0.1) is 0 Å². The Hall–Kier alpha value is -0.652. The minimum Gasteiger partial charge on any atom is -0.455 e. The van der Waals surface area contributed by atoms with Crippen molar-refractivity contribution in [2.75, 3.05) is 0 Å². The molecule has 0 bridgehead atoms. The summed E-state index contributed by atoms with van der Waals surface area (Å²) in [6.45, 7) is 19.9. The first kappa shape index (κ1) is 86.6. The fourth-order valence-corrected chi connectivity index (χ4v) is 41.2. The fourth-order valence-electron chi connectivity index (χ4n) is 14.4. The topological polar surface area (TPSA) is 18.5 Å². The molecule has 556 valence electrons. The first-order valence-electron chi connectivity index (χ1n) is 39.7. The highest BCUT2D eigenvalue weighted by atomic mass is 79.9. The summed E-state index contributed by atoms with van der Waals surface area (Å²) in [5.74, 6) is 0. The summed E-state index contributed by atoms with van der Waals surface area (Å²) in [6, 6.07) is 41.5. The first-order chi connectivity index (χ1) is 48.4. The van der Waals surface area contributed by atoms with E-state index in [1.165, 1.54) is 328 Å². The zero-order valence-electron chi connectivity index (χ0n) is 63.3. The minimum absolute atomic E-state index is 1.22. The average molecular weight is 1700 g/mol. The van der Waals surface area contributed by atoms with Crippen molar-refractivity contribution < 1.29 is 8.23 Å². The van der Waals surface area contributed by atoms with E-state index in [9.17, 15) is 0 Å². The predicted octanol–water partition coefficient (Wildman–Crippen LogP) is 34.5. The molecule has 0 unspecified atom stereocenters. The van der Waals surface area contributed by atoms with Gasteiger partial charge in [-0.3, -0.25) is 0 Å². The highest BCUT2D eigenvalue weighted by Crippen LogP contribution is 2.39. The Kier molecular flexibility index (Phi) is 42.8. The molecule has 0 fully saturated rings. The molecule has 8 aromatic heterocycles. The van der Waals surface area contributed by atoms with Crippen LogP contribution in [-0.4, -0.2) is 33.3 Å². The van der Waals surface area contributed by atoms with Crippen molar-refractivity contribution in [3.8, 4) is 39.0 Å². The SMILES string of the molecule is C[Si](C)(CCCCCCCCCCCc1ccc(-c2ccc(Br)s2)s1)O[Si](C)(C)CCCCCCCCCCCc1ccc(-c2ccc(Br)s2)s1.C[Si](C)(CCCCCCCCCCCc1ccc(-c2cccs2)s1)O[Si](C)(C)CCCCCCCCCCCc1ccc(-c2cccs2)s1.